The van der Waals surface area contributed by atoms with Gasteiger partial charge in [0.1, 0.15) is 5.82 Å². The van der Waals surface area contributed by atoms with Crippen LogP contribution in [0.15, 0.2) is 35.7 Å². The summed E-state index contributed by atoms with van der Waals surface area (Å²) in [6, 6.07) is 7.55. The van der Waals surface area contributed by atoms with Crippen LogP contribution in [-0.4, -0.2) is 11.1 Å². The van der Waals surface area contributed by atoms with Crippen LogP contribution in [0, 0.1) is 5.82 Å². The Morgan fingerprint density at radius 3 is 2.67 bits per heavy atom. The van der Waals surface area contributed by atoms with Crippen LogP contribution in [0.5, 0.6) is 0 Å². The molecule has 1 N–H and O–H groups in total. The van der Waals surface area contributed by atoms with E-state index in [0.717, 1.165) is 10.9 Å². The van der Waals surface area contributed by atoms with Crippen LogP contribution < -0.4 is 0 Å². The van der Waals surface area contributed by atoms with Crippen LogP contribution in [0.4, 0.5) is 4.39 Å². The lowest BCUT2D eigenvalue weighted by atomic mass is 10.1. The number of benzene rings is 1. The van der Waals surface area contributed by atoms with Gasteiger partial charge in [0.25, 0.3) is 0 Å². The molecule has 4 heteroatoms. The van der Waals surface area contributed by atoms with Crippen molar-refractivity contribution in [3.63, 3.8) is 0 Å². The summed E-state index contributed by atoms with van der Waals surface area (Å²) in [6.45, 7) is 0. The Kier molecular flexibility index (Phi) is 2.51. The molecule has 2 nitrogen and oxygen atoms in total. The third kappa shape index (κ3) is 1.89. The van der Waals surface area contributed by atoms with Gasteiger partial charge in [0, 0.05) is 10.4 Å². The highest BCUT2D eigenvalue weighted by Crippen LogP contribution is 2.27. The van der Waals surface area contributed by atoms with Crippen LogP contribution in [0.3, 0.4) is 0 Å². The van der Waals surface area contributed by atoms with E-state index in [0.29, 0.717) is 5.56 Å². The van der Waals surface area contributed by atoms with Crippen molar-refractivity contribution in [2.75, 3.05) is 0 Å². The van der Waals surface area contributed by atoms with Gasteiger partial charge in [-0.3, -0.25) is 0 Å². The average molecular weight is 222 g/mol. The van der Waals surface area contributed by atoms with E-state index in [1.54, 1.807) is 6.07 Å². The van der Waals surface area contributed by atoms with E-state index >= 15 is 0 Å². The molecule has 1 aromatic heterocycles. The number of hydrogen-bond donors (Lipinski definition) is 1. The fraction of sp³-hybridized carbons (Fsp3) is 0. The molecule has 1 aromatic carbocycles. The van der Waals surface area contributed by atoms with Gasteiger partial charge in [-0.1, -0.05) is 6.07 Å². The number of carboxylic acid groups (broad SMARTS) is 1. The lowest BCUT2D eigenvalue weighted by Crippen LogP contribution is -1.97. The summed E-state index contributed by atoms with van der Waals surface area (Å²) < 4.78 is 13.5. The zero-order valence-electron chi connectivity index (χ0n) is 7.61. The molecule has 0 amide bonds. The minimum atomic E-state index is -1.12. The zero-order valence-corrected chi connectivity index (χ0v) is 8.42. The summed E-state index contributed by atoms with van der Waals surface area (Å²) in [6.07, 6.45) is 0. The number of carbonyl (C=O) groups is 1. The standard InChI is InChI=1S/C11H7FO2S/c12-9-6-7(11(13)14)3-4-8(9)10-2-1-5-15-10/h1-6H,(H,13,14). The summed E-state index contributed by atoms with van der Waals surface area (Å²) in [5.74, 6) is -1.62. The summed E-state index contributed by atoms with van der Waals surface area (Å²) in [5.41, 5.74) is 0.405. The molecule has 0 aliphatic rings. The summed E-state index contributed by atoms with van der Waals surface area (Å²) in [5, 5.41) is 10.5. The molecule has 2 rings (SSSR count). The van der Waals surface area contributed by atoms with Crippen LogP contribution in [0.2, 0.25) is 0 Å². The van der Waals surface area contributed by atoms with Gasteiger partial charge in [-0.2, -0.15) is 0 Å². The molecule has 15 heavy (non-hydrogen) atoms. The molecule has 0 saturated carbocycles. The monoisotopic (exact) mass is 222 g/mol. The van der Waals surface area contributed by atoms with Gasteiger partial charge < -0.3 is 5.11 Å². The highest BCUT2D eigenvalue weighted by molar-refractivity contribution is 7.13. The van der Waals surface area contributed by atoms with Crippen LogP contribution in [0.25, 0.3) is 10.4 Å². The van der Waals surface area contributed by atoms with Crippen molar-refractivity contribution in [1.29, 1.82) is 0 Å². The van der Waals surface area contributed by atoms with Gasteiger partial charge in [0.15, 0.2) is 0 Å². The van der Waals surface area contributed by atoms with Crippen molar-refractivity contribution in [1.82, 2.24) is 0 Å². The first-order valence-electron chi connectivity index (χ1n) is 4.25. The molecule has 76 valence electrons. The van der Waals surface area contributed by atoms with Gasteiger partial charge in [0.05, 0.1) is 5.56 Å². The number of carboxylic acids is 1. The minimum absolute atomic E-state index is 0.0344. The van der Waals surface area contributed by atoms with Crippen molar-refractivity contribution in [3.05, 3.63) is 47.1 Å². The van der Waals surface area contributed by atoms with E-state index in [2.05, 4.69) is 0 Å². The Morgan fingerprint density at radius 2 is 2.13 bits per heavy atom. The summed E-state index contributed by atoms with van der Waals surface area (Å²) in [7, 11) is 0. The van der Waals surface area contributed by atoms with Crippen molar-refractivity contribution in [3.8, 4) is 10.4 Å². The highest BCUT2D eigenvalue weighted by atomic mass is 32.1. The maximum atomic E-state index is 13.5. The average Bonchev–Trinajstić information content (AvgIpc) is 2.70. The quantitative estimate of drug-likeness (QED) is 0.846. The topological polar surface area (TPSA) is 37.3 Å². The molecule has 0 spiro atoms. The van der Waals surface area contributed by atoms with Gasteiger partial charge >= 0.3 is 5.97 Å². The van der Waals surface area contributed by atoms with E-state index in [1.165, 1.54) is 23.5 Å². The Morgan fingerprint density at radius 1 is 1.33 bits per heavy atom. The first kappa shape index (κ1) is 9.86. The molecule has 0 saturated heterocycles. The summed E-state index contributed by atoms with van der Waals surface area (Å²) in [4.78, 5) is 11.4. The number of halogens is 1. The lowest BCUT2D eigenvalue weighted by Gasteiger charge is -2.01. The van der Waals surface area contributed by atoms with Crippen LogP contribution in [0.1, 0.15) is 10.4 Å². The molecule has 0 atom stereocenters. The predicted molar refractivity (Wildman–Crippen MR) is 56.7 cm³/mol. The molecule has 0 aliphatic heterocycles. The normalized spacial score (nSPS) is 10.2. The molecule has 0 radical (unpaired) electrons. The van der Waals surface area contributed by atoms with Crippen LogP contribution >= 0.6 is 11.3 Å². The second-order valence-corrected chi connectivity index (χ2v) is 3.92. The Labute approximate surface area is 89.6 Å². The first-order chi connectivity index (χ1) is 7.18. The van der Waals surface area contributed by atoms with Gasteiger partial charge in [-0.05, 0) is 29.6 Å². The number of hydrogen-bond acceptors (Lipinski definition) is 2. The highest BCUT2D eigenvalue weighted by Gasteiger charge is 2.09. The Balaban J connectivity index is 2.48. The second kappa shape index (κ2) is 3.82. The smallest absolute Gasteiger partial charge is 0.335 e. The molecule has 0 bridgehead atoms. The molecule has 0 aliphatic carbocycles. The zero-order chi connectivity index (χ0) is 10.8. The maximum Gasteiger partial charge on any atom is 0.335 e. The van der Waals surface area contributed by atoms with Crippen molar-refractivity contribution >= 4 is 17.3 Å². The van der Waals surface area contributed by atoms with Crippen LogP contribution in [-0.2, 0) is 0 Å². The number of aromatic carboxylic acids is 1. The second-order valence-electron chi connectivity index (χ2n) is 2.98. The lowest BCUT2D eigenvalue weighted by molar-refractivity contribution is 0.0696. The maximum absolute atomic E-state index is 13.5. The fourth-order valence-electron chi connectivity index (χ4n) is 1.28. The minimum Gasteiger partial charge on any atom is -0.478 e. The van der Waals surface area contributed by atoms with E-state index in [1.807, 2.05) is 11.4 Å². The number of thiophene rings is 1. The van der Waals surface area contributed by atoms with E-state index in [-0.39, 0.29) is 5.56 Å². The van der Waals surface area contributed by atoms with Crippen molar-refractivity contribution in [2.45, 2.75) is 0 Å². The Hall–Kier alpha value is -1.68. The SMILES string of the molecule is O=C(O)c1ccc(-c2cccs2)c(F)c1. The van der Waals surface area contributed by atoms with Gasteiger partial charge in [-0.15, -0.1) is 11.3 Å². The predicted octanol–water partition coefficient (Wildman–Crippen LogP) is 3.25. The molecule has 0 unspecified atom stereocenters. The molecule has 2 aromatic rings. The van der Waals surface area contributed by atoms with Gasteiger partial charge in [0.2, 0.25) is 0 Å². The molecular formula is C11H7FO2S. The van der Waals surface area contributed by atoms with E-state index in [9.17, 15) is 9.18 Å². The van der Waals surface area contributed by atoms with Crippen molar-refractivity contribution in [2.24, 2.45) is 0 Å². The fourth-order valence-corrected chi connectivity index (χ4v) is 2.03. The molecular weight excluding hydrogens is 215 g/mol. The van der Waals surface area contributed by atoms with Crippen molar-refractivity contribution < 1.29 is 14.3 Å². The molecule has 1 heterocycles. The molecule has 0 fully saturated rings. The first-order valence-corrected chi connectivity index (χ1v) is 5.13. The largest absolute Gasteiger partial charge is 0.478 e. The third-order valence-corrected chi connectivity index (χ3v) is 2.91. The van der Waals surface area contributed by atoms with E-state index in [4.69, 9.17) is 5.11 Å². The number of rotatable bonds is 2. The third-order valence-electron chi connectivity index (χ3n) is 2.00. The summed E-state index contributed by atoms with van der Waals surface area (Å²) >= 11 is 1.42. The Bertz CT molecular complexity index is 491. The van der Waals surface area contributed by atoms with Gasteiger partial charge in [-0.25, -0.2) is 9.18 Å². The van der Waals surface area contributed by atoms with E-state index < -0.39 is 11.8 Å².